The molecule has 0 saturated heterocycles. The number of hydrogen-bond acceptors (Lipinski definition) is 7. The number of methoxy groups -OCH3 is 2. The Morgan fingerprint density at radius 1 is 1.17 bits per heavy atom. The van der Waals surface area contributed by atoms with Gasteiger partial charge >= 0.3 is 0 Å². The molecule has 1 unspecified atom stereocenters. The number of rotatable bonds is 7. The molecule has 2 aromatic carbocycles. The van der Waals surface area contributed by atoms with E-state index in [-0.39, 0.29) is 29.6 Å². The van der Waals surface area contributed by atoms with Crippen molar-refractivity contribution in [2.24, 2.45) is 0 Å². The van der Waals surface area contributed by atoms with Crippen LogP contribution in [0.2, 0.25) is 0 Å². The third-order valence-corrected chi connectivity index (χ3v) is 6.72. The smallest absolute Gasteiger partial charge is 0.262 e. The molecule has 2 amide bonds. The minimum absolute atomic E-state index is 0.0174. The van der Waals surface area contributed by atoms with Gasteiger partial charge in [-0.15, -0.1) is 0 Å². The van der Waals surface area contributed by atoms with Gasteiger partial charge in [0.15, 0.2) is 27.9 Å². The molecule has 3 rings (SSSR count). The van der Waals surface area contributed by atoms with Crippen molar-refractivity contribution in [3.63, 3.8) is 0 Å². The van der Waals surface area contributed by atoms with Crippen LogP contribution in [0.25, 0.3) is 0 Å². The third-order valence-electron chi connectivity index (χ3n) is 4.58. The number of anilines is 2. The predicted molar refractivity (Wildman–Crippen MR) is 110 cm³/mol. The summed E-state index contributed by atoms with van der Waals surface area (Å²) in [6, 6.07) is 9.06. The topological polar surface area (TPSA) is 120 Å². The van der Waals surface area contributed by atoms with Crippen molar-refractivity contribution >= 4 is 33.0 Å². The van der Waals surface area contributed by atoms with E-state index in [0.29, 0.717) is 22.9 Å². The fraction of sp³-hybridized carbons (Fsp3) is 0.300. The highest BCUT2D eigenvalue weighted by atomic mass is 32.2. The Balaban J connectivity index is 1.71. The normalized spacial score (nSPS) is 14.0. The average molecular weight is 434 g/mol. The summed E-state index contributed by atoms with van der Waals surface area (Å²) in [5, 5.41) is 4.29. The lowest BCUT2D eigenvalue weighted by atomic mass is 10.2. The number of sulfone groups is 1. The monoisotopic (exact) mass is 434 g/mol. The second kappa shape index (κ2) is 8.62. The van der Waals surface area contributed by atoms with Crippen LogP contribution in [0.1, 0.15) is 13.3 Å². The van der Waals surface area contributed by atoms with Crippen LogP contribution in [0.3, 0.4) is 0 Å². The summed E-state index contributed by atoms with van der Waals surface area (Å²) in [5.41, 5.74) is 0.865. The van der Waals surface area contributed by atoms with Gasteiger partial charge in [-0.2, -0.15) is 0 Å². The highest BCUT2D eigenvalue weighted by molar-refractivity contribution is 7.92. The van der Waals surface area contributed by atoms with Crippen molar-refractivity contribution in [3.8, 4) is 17.2 Å². The molecule has 9 nitrogen and oxygen atoms in total. The van der Waals surface area contributed by atoms with Gasteiger partial charge in [0.25, 0.3) is 5.91 Å². The molecule has 160 valence electrons. The van der Waals surface area contributed by atoms with E-state index in [1.165, 1.54) is 39.3 Å². The van der Waals surface area contributed by atoms with E-state index in [0.717, 1.165) is 0 Å². The van der Waals surface area contributed by atoms with Crippen molar-refractivity contribution in [1.82, 2.24) is 0 Å². The predicted octanol–water partition coefficient (Wildman–Crippen LogP) is 2.23. The highest BCUT2D eigenvalue weighted by Gasteiger charge is 2.28. The highest BCUT2D eigenvalue weighted by Crippen LogP contribution is 2.32. The molecule has 0 bridgehead atoms. The Hall–Kier alpha value is -3.27. The summed E-state index contributed by atoms with van der Waals surface area (Å²) < 4.78 is 41.4. The largest absolute Gasteiger partial charge is 0.493 e. The van der Waals surface area contributed by atoms with Gasteiger partial charge in [-0.3, -0.25) is 9.59 Å². The molecule has 0 radical (unpaired) electrons. The molecular weight excluding hydrogens is 412 g/mol. The first-order valence-electron chi connectivity index (χ1n) is 9.07. The zero-order chi connectivity index (χ0) is 21.9. The molecule has 0 aliphatic carbocycles. The van der Waals surface area contributed by atoms with Crippen molar-refractivity contribution in [2.75, 3.05) is 31.5 Å². The van der Waals surface area contributed by atoms with Crippen LogP contribution >= 0.6 is 0 Å². The summed E-state index contributed by atoms with van der Waals surface area (Å²) >= 11 is 0. The van der Waals surface area contributed by atoms with Gasteiger partial charge in [0, 0.05) is 24.2 Å². The molecule has 0 spiro atoms. The lowest BCUT2D eigenvalue weighted by Gasteiger charge is -2.19. The molecular formula is C20H22N2O7S. The Labute approximate surface area is 174 Å². The standard InChI is InChI=1S/C20H22N2O7S/c1-12(8-19(23)21-13-4-7-16(27-2)18(9-13)28-3)30(25,26)14-5-6-15-17(10-14)29-11-20(24)22-15/h4-7,9-10,12H,8,11H2,1-3H3,(H,21,23)(H,22,24). The first-order chi connectivity index (χ1) is 14.2. The summed E-state index contributed by atoms with van der Waals surface area (Å²) in [6.07, 6.45) is -0.245. The maximum atomic E-state index is 12.9. The van der Waals surface area contributed by atoms with Crippen molar-refractivity contribution < 1.29 is 32.2 Å². The van der Waals surface area contributed by atoms with Gasteiger partial charge in [-0.1, -0.05) is 0 Å². The fourth-order valence-corrected chi connectivity index (χ4v) is 4.33. The third kappa shape index (κ3) is 4.48. The Morgan fingerprint density at radius 2 is 1.90 bits per heavy atom. The van der Waals surface area contributed by atoms with Gasteiger partial charge in [0.05, 0.1) is 30.1 Å². The number of amides is 2. The molecule has 1 aliphatic heterocycles. The van der Waals surface area contributed by atoms with E-state index in [1.54, 1.807) is 18.2 Å². The van der Waals surface area contributed by atoms with E-state index in [1.807, 2.05) is 0 Å². The molecule has 1 atom stereocenters. The molecule has 0 saturated carbocycles. The Bertz CT molecular complexity index is 1080. The summed E-state index contributed by atoms with van der Waals surface area (Å²) in [7, 11) is -0.815. The van der Waals surface area contributed by atoms with Crippen LogP contribution in [-0.4, -0.2) is 46.3 Å². The number of nitrogens with one attached hydrogen (secondary N) is 2. The minimum Gasteiger partial charge on any atom is -0.493 e. The fourth-order valence-electron chi connectivity index (χ4n) is 2.96. The maximum absolute atomic E-state index is 12.9. The summed E-state index contributed by atoms with van der Waals surface area (Å²) in [5.74, 6) is 0.463. The zero-order valence-electron chi connectivity index (χ0n) is 16.7. The molecule has 1 heterocycles. The second-order valence-corrected chi connectivity index (χ2v) is 9.04. The SMILES string of the molecule is COc1ccc(NC(=O)CC(C)S(=O)(=O)c2ccc3c(c2)OCC(=O)N3)cc1OC. The molecule has 10 heteroatoms. The van der Waals surface area contributed by atoms with E-state index in [4.69, 9.17) is 14.2 Å². The van der Waals surface area contributed by atoms with Gasteiger partial charge in [0.1, 0.15) is 5.75 Å². The van der Waals surface area contributed by atoms with Crippen LogP contribution in [0.5, 0.6) is 17.2 Å². The minimum atomic E-state index is -3.80. The Kier molecular flexibility index (Phi) is 6.16. The number of carbonyl (C=O) groups excluding carboxylic acids is 2. The van der Waals surface area contributed by atoms with E-state index in [9.17, 15) is 18.0 Å². The first-order valence-corrected chi connectivity index (χ1v) is 10.6. The lowest BCUT2D eigenvalue weighted by molar-refractivity contribution is -0.118. The van der Waals surface area contributed by atoms with Crippen molar-refractivity contribution in [3.05, 3.63) is 36.4 Å². The molecule has 0 aromatic heterocycles. The summed E-state index contributed by atoms with van der Waals surface area (Å²) in [4.78, 5) is 23.8. The van der Waals surface area contributed by atoms with Gasteiger partial charge < -0.3 is 24.8 Å². The van der Waals surface area contributed by atoms with Crippen LogP contribution < -0.4 is 24.8 Å². The quantitative estimate of drug-likeness (QED) is 0.686. The average Bonchev–Trinajstić information content (AvgIpc) is 2.72. The molecule has 2 aromatic rings. The molecule has 0 fully saturated rings. The zero-order valence-corrected chi connectivity index (χ0v) is 17.5. The van der Waals surface area contributed by atoms with Crippen molar-refractivity contribution in [1.29, 1.82) is 0 Å². The maximum Gasteiger partial charge on any atom is 0.262 e. The van der Waals surface area contributed by atoms with Gasteiger partial charge in [0.2, 0.25) is 5.91 Å². The van der Waals surface area contributed by atoms with Crippen LogP contribution in [0.4, 0.5) is 11.4 Å². The number of carbonyl (C=O) groups is 2. The number of hydrogen-bond donors (Lipinski definition) is 2. The van der Waals surface area contributed by atoms with E-state index < -0.39 is 21.0 Å². The number of fused-ring (bicyclic) bond motifs is 1. The van der Waals surface area contributed by atoms with E-state index >= 15 is 0 Å². The molecule has 1 aliphatic rings. The van der Waals surface area contributed by atoms with E-state index in [2.05, 4.69) is 10.6 Å². The molecule has 2 N–H and O–H groups in total. The molecule has 30 heavy (non-hydrogen) atoms. The van der Waals surface area contributed by atoms with Crippen LogP contribution in [0, 0.1) is 0 Å². The second-order valence-electron chi connectivity index (χ2n) is 6.67. The lowest BCUT2D eigenvalue weighted by Crippen LogP contribution is -2.27. The number of benzene rings is 2. The van der Waals surface area contributed by atoms with Gasteiger partial charge in [-0.05, 0) is 31.2 Å². The van der Waals surface area contributed by atoms with Crippen molar-refractivity contribution in [2.45, 2.75) is 23.5 Å². The number of ether oxygens (including phenoxy) is 3. The first kappa shape index (κ1) is 21.4. The van der Waals surface area contributed by atoms with Crippen LogP contribution in [0.15, 0.2) is 41.3 Å². The van der Waals surface area contributed by atoms with Crippen LogP contribution in [-0.2, 0) is 19.4 Å². The summed E-state index contributed by atoms with van der Waals surface area (Å²) in [6.45, 7) is 1.28. The Morgan fingerprint density at radius 3 is 2.60 bits per heavy atom. The van der Waals surface area contributed by atoms with Gasteiger partial charge in [-0.25, -0.2) is 8.42 Å².